The van der Waals surface area contributed by atoms with Gasteiger partial charge in [0.25, 0.3) is 27.5 Å². The quantitative estimate of drug-likeness (QED) is 0.0571. The molecule has 2 saturated carbocycles. The Morgan fingerprint density at radius 3 is 2.51 bits per heavy atom. The highest BCUT2D eigenvalue weighted by atomic mass is 32.2. The van der Waals surface area contributed by atoms with E-state index in [1.165, 1.54) is 42.9 Å². The molecule has 17 nitrogen and oxygen atoms in total. The Morgan fingerprint density at radius 2 is 1.78 bits per heavy atom. The number of nitrogens with one attached hydrogen (secondary N) is 3. The molecule has 10 rings (SSSR count). The van der Waals surface area contributed by atoms with Gasteiger partial charge in [-0.05, 0) is 144 Å². The summed E-state index contributed by atoms with van der Waals surface area (Å²) < 4.78 is 49.3. The molecule has 5 aromatic rings. The maximum atomic E-state index is 14.4. The van der Waals surface area contributed by atoms with Gasteiger partial charge in [0.1, 0.15) is 24.6 Å². The second-order valence-corrected chi connectivity index (χ2v) is 23.5. The summed E-state index contributed by atoms with van der Waals surface area (Å²) in [5.74, 6) is 0.0786. The summed E-state index contributed by atoms with van der Waals surface area (Å²) >= 11 is 0. The van der Waals surface area contributed by atoms with Crippen molar-refractivity contribution in [3.8, 4) is 23.1 Å². The zero-order valence-electron chi connectivity index (χ0n) is 42.0. The van der Waals surface area contributed by atoms with Gasteiger partial charge < -0.3 is 39.4 Å². The summed E-state index contributed by atoms with van der Waals surface area (Å²) in [5, 5.41) is 27.0. The van der Waals surface area contributed by atoms with Crippen molar-refractivity contribution >= 4 is 44.0 Å². The van der Waals surface area contributed by atoms with Crippen molar-refractivity contribution in [2.24, 2.45) is 11.3 Å². The topological polar surface area (TPSA) is 205 Å². The largest absolute Gasteiger partial charge is 0.489 e. The van der Waals surface area contributed by atoms with E-state index in [0.717, 1.165) is 49.6 Å². The predicted molar refractivity (Wildman–Crippen MR) is 276 cm³/mol. The highest BCUT2D eigenvalue weighted by Gasteiger charge is 2.50. The normalized spacial score (nSPS) is 23.4. The van der Waals surface area contributed by atoms with Crippen LogP contribution in [0.5, 0.6) is 23.1 Å². The fraction of sp³-hybridized carbons (Fsp3) is 0.519. The van der Waals surface area contributed by atoms with E-state index in [1.54, 1.807) is 24.4 Å². The maximum absolute atomic E-state index is 14.4. The molecule has 18 heteroatoms. The van der Waals surface area contributed by atoms with Crippen molar-refractivity contribution in [3.63, 3.8) is 0 Å². The lowest BCUT2D eigenvalue weighted by atomic mass is 9.59. The molecule has 5 aliphatic rings. The molecule has 384 valence electrons. The van der Waals surface area contributed by atoms with Crippen LogP contribution in [0, 0.1) is 21.4 Å². The van der Waals surface area contributed by atoms with Gasteiger partial charge in [0.15, 0.2) is 17.2 Å². The molecule has 2 aliphatic carbocycles. The van der Waals surface area contributed by atoms with E-state index in [1.807, 2.05) is 38.1 Å². The van der Waals surface area contributed by atoms with Gasteiger partial charge in [0, 0.05) is 67.2 Å². The minimum Gasteiger partial charge on any atom is -0.489 e. The smallest absolute Gasteiger partial charge is 0.297 e. The van der Waals surface area contributed by atoms with Crippen LogP contribution in [0.25, 0.3) is 11.0 Å². The van der Waals surface area contributed by atoms with E-state index < -0.39 is 37.0 Å². The molecule has 3 aromatic carbocycles. The fourth-order valence-electron chi connectivity index (χ4n) is 12.0. The number of carbonyl (C=O) groups is 1. The van der Waals surface area contributed by atoms with Crippen molar-refractivity contribution in [3.05, 3.63) is 99.7 Å². The van der Waals surface area contributed by atoms with Crippen LogP contribution in [-0.4, -0.2) is 115 Å². The number of amides is 1. The summed E-state index contributed by atoms with van der Waals surface area (Å²) in [6, 6.07) is 20.6. The number of aliphatic hydroxyl groups is 1. The van der Waals surface area contributed by atoms with E-state index in [2.05, 4.69) is 62.9 Å². The van der Waals surface area contributed by atoms with Gasteiger partial charge in [-0.3, -0.25) is 19.8 Å². The number of sulfonamides is 1. The maximum Gasteiger partial charge on any atom is 0.297 e. The van der Waals surface area contributed by atoms with E-state index in [-0.39, 0.29) is 58.4 Å². The second-order valence-electron chi connectivity index (χ2n) is 21.8. The fourth-order valence-corrected chi connectivity index (χ4v) is 13.0. The molecule has 2 aromatic heterocycles. The predicted octanol–water partition coefficient (Wildman–Crippen LogP) is 9.15. The molecule has 0 radical (unpaired) electrons. The molecule has 0 unspecified atom stereocenters. The number of pyridine rings is 1. The minimum absolute atomic E-state index is 0.00714. The van der Waals surface area contributed by atoms with Crippen LogP contribution in [0.1, 0.15) is 118 Å². The number of carbonyl (C=O) groups excluding carboxylic acids is 1. The van der Waals surface area contributed by atoms with Gasteiger partial charge in [-0.25, -0.2) is 13.1 Å². The Morgan fingerprint density at radius 1 is 1.01 bits per heavy atom. The number of aromatic nitrogens is 2. The number of fused-ring (bicyclic) bond motifs is 2. The van der Waals surface area contributed by atoms with Crippen molar-refractivity contribution in [1.82, 2.24) is 24.5 Å². The number of hydrogen-bond donors (Lipinski definition) is 4. The van der Waals surface area contributed by atoms with Gasteiger partial charge in [-0.1, -0.05) is 38.1 Å². The Hall–Kier alpha value is -5.95. The van der Waals surface area contributed by atoms with Gasteiger partial charge in [-0.2, -0.15) is 4.98 Å². The third-order valence-electron chi connectivity index (χ3n) is 16.2. The van der Waals surface area contributed by atoms with Crippen molar-refractivity contribution in [2.75, 3.05) is 63.7 Å². The van der Waals surface area contributed by atoms with Gasteiger partial charge in [0.05, 0.1) is 27.0 Å². The molecule has 1 spiro atoms. The van der Waals surface area contributed by atoms with E-state index in [0.29, 0.717) is 62.5 Å². The van der Waals surface area contributed by atoms with Gasteiger partial charge in [0.2, 0.25) is 0 Å². The SMILES string of the molecule is CC(C)c1ccccc1[C@@H]1CCCN1C1CC2(CCN(c3ccc(C(=O)NS(=O)(=O)c4cc5c(c([N+](=O)[O-])c4)N[C@@H](C4CCC(C)(O)CC4)CO5)c(Oc4cc5cc[nH]c5nc4OCCN(C)C)c3)CC2)C1. The molecule has 4 fully saturated rings. The molecular weight excluding hydrogens is 937 g/mol. The molecule has 5 heterocycles. The summed E-state index contributed by atoms with van der Waals surface area (Å²) in [4.78, 5) is 40.6. The summed E-state index contributed by atoms with van der Waals surface area (Å²) in [6.45, 7) is 10.2. The molecule has 0 bridgehead atoms. The number of H-pyrrole nitrogens is 1. The first-order valence-corrected chi connectivity index (χ1v) is 27.1. The van der Waals surface area contributed by atoms with E-state index in [4.69, 9.17) is 19.2 Å². The standard InChI is InChI=1S/C54H68N8O9S/c1-34(2)40-9-6-7-10-41(40)44-11-8-22-61(44)38-31-54(32-38)19-23-60(24-20-54)37-12-13-42(46(28-37)71-48-27-36-16-21-55-50(36)57-52(48)69-26-25-59(4)5)51(63)58-72(67,68)39-29-45(62(65)66)49-47(30-39)70-33-43(56-49)35-14-17-53(3,64)18-15-35/h6-7,9-10,12-13,16,21,27-30,34-35,38,43-44,56,64H,8,11,14-15,17-20,22-26,31-33H2,1-5H3,(H,55,57)(H,58,63)/t35?,43-,44+,53?/m1/s1. The molecule has 3 aliphatic heterocycles. The lowest BCUT2D eigenvalue weighted by molar-refractivity contribution is -0.384. The van der Waals surface area contributed by atoms with Crippen LogP contribution in [-0.2, 0) is 10.0 Å². The highest BCUT2D eigenvalue weighted by molar-refractivity contribution is 7.90. The average Bonchev–Trinajstić information content (AvgIpc) is 4.02. The number of ether oxygens (including phenoxy) is 3. The van der Waals surface area contributed by atoms with E-state index in [9.17, 15) is 28.4 Å². The summed E-state index contributed by atoms with van der Waals surface area (Å²) in [5.41, 5.74) is 3.35. The van der Waals surface area contributed by atoms with Gasteiger partial charge >= 0.3 is 0 Å². The molecule has 2 atom stereocenters. The lowest BCUT2D eigenvalue weighted by Crippen LogP contribution is -2.54. The number of nitrogens with zero attached hydrogens (tertiary/aromatic N) is 5. The van der Waals surface area contributed by atoms with E-state index >= 15 is 0 Å². The number of benzene rings is 3. The number of likely N-dealkylation sites (N-methyl/N-ethyl adjacent to an activating group) is 1. The zero-order chi connectivity index (χ0) is 50.5. The number of nitro groups is 1. The van der Waals surface area contributed by atoms with Crippen molar-refractivity contribution in [1.29, 1.82) is 0 Å². The monoisotopic (exact) mass is 1000 g/mol. The van der Waals surface area contributed by atoms with Crippen molar-refractivity contribution < 1.29 is 37.5 Å². The van der Waals surface area contributed by atoms with Crippen LogP contribution in [0.3, 0.4) is 0 Å². The lowest BCUT2D eigenvalue weighted by Gasteiger charge is -2.56. The number of nitro benzene ring substituents is 1. The third kappa shape index (κ3) is 10.2. The minimum atomic E-state index is -4.71. The van der Waals surface area contributed by atoms with Gasteiger partial charge in [-0.15, -0.1) is 0 Å². The zero-order valence-corrected chi connectivity index (χ0v) is 42.8. The van der Waals surface area contributed by atoms with Crippen LogP contribution in [0.2, 0.25) is 0 Å². The first-order chi connectivity index (χ1) is 34.4. The Labute approximate surface area is 421 Å². The Balaban J connectivity index is 0.892. The molecule has 4 N–H and O–H groups in total. The number of anilines is 2. The van der Waals surface area contributed by atoms with Crippen LogP contribution < -0.4 is 29.1 Å². The number of aromatic amines is 1. The molecule has 1 amide bonds. The first-order valence-electron chi connectivity index (χ1n) is 25.6. The first kappa shape index (κ1) is 49.6. The highest BCUT2D eigenvalue weighted by Crippen LogP contribution is 2.54. The number of rotatable bonds is 15. The van der Waals surface area contributed by atoms with Crippen LogP contribution >= 0.6 is 0 Å². The third-order valence-corrected chi connectivity index (χ3v) is 17.5. The second kappa shape index (κ2) is 19.8. The van der Waals surface area contributed by atoms with Crippen LogP contribution in [0.4, 0.5) is 17.1 Å². The molecule has 72 heavy (non-hydrogen) atoms. The Kier molecular flexibility index (Phi) is 13.7. The molecular formula is C54H68N8O9S. The summed E-state index contributed by atoms with van der Waals surface area (Å²) in [6.07, 6.45) is 11.2. The molecule has 2 saturated heterocycles. The average molecular weight is 1010 g/mol. The van der Waals surface area contributed by atoms with Crippen LogP contribution in [0.15, 0.2) is 77.8 Å². The number of hydrogen-bond acceptors (Lipinski definition) is 14. The van der Waals surface area contributed by atoms with Crippen molar-refractivity contribution in [2.45, 2.75) is 120 Å². The Bertz CT molecular complexity index is 2930. The number of piperidine rings is 1. The number of likely N-dealkylation sites (tertiary alicyclic amines) is 1. The summed E-state index contributed by atoms with van der Waals surface area (Å²) in [7, 11) is -0.848.